The van der Waals surface area contributed by atoms with Gasteiger partial charge in [-0.05, 0) is 31.2 Å². The molecule has 0 saturated carbocycles. The van der Waals surface area contributed by atoms with Crippen molar-refractivity contribution < 1.29 is 9.47 Å². The molecule has 2 N–H and O–H groups in total. The fourth-order valence-corrected chi connectivity index (χ4v) is 1.82. The van der Waals surface area contributed by atoms with Gasteiger partial charge in [0, 0.05) is 33.0 Å². The second kappa shape index (κ2) is 8.85. The van der Waals surface area contributed by atoms with Crippen molar-refractivity contribution in [2.75, 3.05) is 39.2 Å². The van der Waals surface area contributed by atoms with E-state index in [1.54, 1.807) is 14.2 Å². The predicted molar refractivity (Wildman–Crippen MR) is 77.5 cm³/mol. The summed E-state index contributed by atoms with van der Waals surface area (Å²) < 4.78 is 10.4. The van der Waals surface area contributed by atoms with Crippen LogP contribution in [-0.2, 0) is 16.0 Å². The molecule has 0 aliphatic heterocycles. The van der Waals surface area contributed by atoms with E-state index in [-0.39, 0.29) is 6.10 Å². The van der Waals surface area contributed by atoms with Gasteiger partial charge in [0.15, 0.2) is 0 Å². The topological polar surface area (TPSA) is 55.4 Å². The number of nitrogens with one attached hydrogen (secondary N) is 2. The van der Waals surface area contributed by atoms with Crippen LogP contribution in [-0.4, -0.2) is 45.0 Å². The summed E-state index contributed by atoms with van der Waals surface area (Å²) in [6.07, 6.45) is 0.0320. The van der Waals surface area contributed by atoms with E-state index in [4.69, 9.17) is 9.47 Å². The molecule has 0 aromatic carbocycles. The molecule has 0 fully saturated rings. The van der Waals surface area contributed by atoms with E-state index >= 15 is 0 Å². The molecule has 1 rings (SSSR count). The minimum Gasteiger partial charge on any atom is -0.382 e. The van der Waals surface area contributed by atoms with Crippen LogP contribution in [0.4, 0.5) is 5.82 Å². The van der Waals surface area contributed by atoms with E-state index in [2.05, 4.69) is 34.7 Å². The zero-order valence-electron chi connectivity index (χ0n) is 12.3. The zero-order chi connectivity index (χ0) is 14.1. The maximum absolute atomic E-state index is 5.31. The van der Waals surface area contributed by atoms with E-state index in [0.29, 0.717) is 13.2 Å². The summed E-state index contributed by atoms with van der Waals surface area (Å²) in [6.45, 7) is 7.18. The van der Waals surface area contributed by atoms with Crippen LogP contribution in [0.5, 0.6) is 0 Å². The Kier molecular flexibility index (Phi) is 7.40. The monoisotopic (exact) mass is 267 g/mol. The average molecular weight is 267 g/mol. The molecule has 1 unspecified atom stereocenters. The van der Waals surface area contributed by atoms with Gasteiger partial charge in [-0.3, -0.25) is 0 Å². The number of aryl methyl sites for hydroxylation is 1. The van der Waals surface area contributed by atoms with Crippen LogP contribution >= 0.6 is 0 Å². The largest absolute Gasteiger partial charge is 0.382 e. The number of pyridine rings is 1. The Morgan fingerprint density at radius 1 is 1.32 bits per heavy atom. The highest BCUT2D eigenvalue weighted by Crippen LogP contribution is 2.10. The summed E-state index contributed by atoms with van der Waals surface area (Å²) in [7, 11) is 3.36. The Labute approximate surface area is 115 Å². The summed E-state index contributed by atoms with van der Waals surface area (Å²) in [5.41, 5.74) is 2.25. The maximum Gasteiger partial charge on any atom is 0.126 e. The number of aromatic nitrogens is 1. The van der Waals surface area contributed by atoms with E-state index in [1.165, 1.54) is 5.56 Å². The third-order valence-electron chi connectivity index (χ3n) is 2.79. The molecule has 1 atom stereocenters. The predicted octanol–water partition coefficient (Wildman–Crippen LogP) is 1.57. The molecule has 0 aliphatic carbocycles. The van der Waals surface area contributed by atoms with Gasteiger partial charge in [0.05, 0.1) is 12.7 Å². The molecule has 0 saturated heterocycles. The number of methoxy groups -OCH3 is 2. The van der Waals surface area contributed by atoms with E-state index in [1.807, 2.05) is 6.92 Å². The molecule has 0 bridgehead atoms. The zero-order valence-corrected chi connectivity index (χ0v) is 12.3. The first-order valence-electron chi connectivity index (χ1n) is 6.63. The number of ether oxygens (including phenoxy) is 2. The standard InChI is InChI=1S/C14H25N3O2/c1-5-15-8-12-6-11(2)17-14(7-12)16-9-13(19-4)10-18-3/h6-7,13,15H,5,8-10H2,1-4H3,(H,16,17). The van der Waals surface area contributed by atoms with Crippen molar-refractivity contribution in [3.63, 3.8) is 0 Å². The summed E-state index contributed by atoms with van der Waals surface area (Å²) in [5.74, 6) is 0.881. The smallest absolute Gasteiger partial charge is 0.126 e. The van der Waals surface area contributed by atoms with Crippen molar-refractivity contribution >= 4 is 5.82 Å². The lowest BCUT2D eigenvalue weighted by Gasteiger charge is -2.16. The number of hydrogen-bond donors (Lipinski definition) is 2. The minimum atomic E-state index is 0.0320. The number of anilines is 1. The van der Waals surface area contributed by atoms with Crippen molar-refractivity contribution in [3.8, 4) is 0 Å². The molecular weight excluding hydrogens is 242 g/mol. The van der Waals surface area contributed by atoms with Gasteiger partial charge in [-0.15, -0.1) is 0 Å². The molecular formula is C14H25N3O2. The lowest BCUT2D eigenvalue weighted by Crippen LogP contribution is -2.27. The summed E-state index contributed by atoms with van der Waals surface area (Å²) in [4.78, 5) is 4.47. The van der Waals surface area contributed by atoms with E-state index in [9.17, 15) is 0 Å². The van der Waals surface area contributed by atoms with Crippen molar-refractivity contribution in [2.45, 2.75) is 26.5 Å². The molecule has 1 aromatic rings. The van der Waals surface area contributed by atoms with Crippen molar-refractivity contribution in [1.29, 1.82) is 0 Å². The van der Waals surface area contributed by atoms with Crippen molar-refractivity contribution in [2.24, 2.45) is 0 Å². The number of rotatable bonds is 9. The molecule has 0 spiro atoms. The third kappa shape index (κ3) is 6.00. The number of hydrogen-bond acceptors (Lipinski definition) is 5. The van der Waals surface area contributed by atoms with Crippen LogP contribution in [0.15, 0.2) is 12.1 Å². The molecule has 0 amide bonds. The molecule has 108 valence electrons. The Morgan fingerprint density at radius 3 is 2.74 bits per heavy atom. The SMILES string of the molecule is CCNCc1cc(C)nc(NCC(COC)OC)c1. The molecule has 1 aromatic heterocycles. The Balaban J connectivity index is 2.59. The fraction of sp³-hybridized carbons (Fsp3) is 0.643. The van der Waals surface area contributed by atoms with Gasteiger partial charge < -0.3 is 20.1 Å². The van der Waals surface area contributed by atoms with Crippen LogP contribution < -0.4 is 10.6 Å². The maximum atomic E-state index is 5.31. The highest BCUT2D eigenvalue weighted by molar-refractivity contribution is 5.39. The van der Waals surface area contributed by atoms with E-state index < -0.39 is 0 Å². The van der Waals surface area contributed by atoms with Gasteiger partial charge in [-0.2, -0.15) is 0 Å². The summed E-state index contributed by atoms with van der Waals surface area (Å²) in [6, 6.07) is 4.16. The van der Waals surface area contributed by atoms with Gasteiger partial charge >= 0.3 is 0 Å². The second-order valence-electron chi connectivity index (χ2n) is 4.48. The Bertz CT molecular complexity index is 372. The highest BCUT2D eigenvalue weighted by atomic mass is 16.5. The van der Waals surface area contributed by atoms with Crippen LogP contribution in [0.2, 0.25) is 0 Å². The summed E-state index contributed by atoms with van der Waals surface area (Å²) >= 11 is 0. The Hall–Kier alpha value is -1.17. The molecule has 5 nitrogen and oxygen atoms in total. The molecule has 19 heavy (non-hydrogen) atoms. The summed E-state index contributed by atoms with van der Waals surface area (Å²) in [5, 5.41) is 6.61. The van der Waals surface area contributed by atoms with Crippen molar-refractivity contribution in [1.82, 2.24) is 10.3 Å². The van der Waals surface area contributed by atoms with Gasteiger partial charge in [0.25, 0.3) is 0 Å². The molecule has 0 aliphatic rings. The second-order valence-corrected chi connectivity index (χ2v) is 4.48. The lowest BCUT2D eigenvalue weighted by molar-refractivity contribution is 0.0365. The minimum absolute atomic E-state index is 0.0320. The van der Waals surface area contributed by atoms with Crippen LogP contribution in [0.25, 0.3) is 0 Å². The van der Waals surface area contributed by atoms with E-state index in [0.717, 1.165) is 24.6 Å². The van der Waals surface area contributed by atoms with Crippen molar-refractivity contribution in [3.05, 3.63) is 23.4 Å². The first-order valence-corrected chi connectivity index (χ1v) is 6.63. The van der Waals surface area contributed by atoms with Gasteiger partial charge in [-0.1, -0.05) is 6.92 Å². The number of nitrogens with zero attached hydrogens (tertiary/aromatic N) is 1. The van der Waals surface area contributed by atoms with Crippen LogP contribution in [0, 0.1) is 6.92 Å². The van der Waals surface area contributed by atoms with Gasteiger partial charge in [0.2, 0.25) is 0 Å². The first kappa shape index (κ1) is 15.9. The van der Waals surface area contributed by atoms with Crippen LogP contribution in [0.1, 0.15) is 18.2 Å². The van der Waals surface area contributed by atoms with Crippen LogP contribution in [0.3, 0.4) is 0 Å². The molecule has 5 heteroatoms. The molecule has 0 radical (unpaired) electrons. The Morgan fingerprint density at radius 2 is 2.11 bits per heavy atom. The third-order valence-corrected chi connectivity index (χ3v) is 2.79. The lowest BCUT2D eigenvalue weighted by atomic mass is 10.2. The molecule has 1 heterocycles. The van der Waals surface area contributed by atoms with Gasteiger partial charge in [0.1, 0.15) is 5.82 Å². The van der Waals surface area contributed by atoms with Gasteiger partial charge in [-0.25, -0.2) is 4.98 Å². The highest BCUT2D eigenvalue weighted by Gasteiger charge is 2.07. The quantitative estimate of drug-likeness (QED) is 0.711. The average Bonchev–Trinajstić information content (AvgIpc) is 2.40. The fourth-order valence-electron chi connectivity index (χ4n) is 1.82. The normalized spacial score (nSPS) is 12.4. The first-order chi connectivity index (χ1) is 9.19.